The van der Waals surface area contributed by atoms with E-state index in [9.17, 15) is 8.42 Å². The van der Waals surface area contributed by atoms with Gasteiger partial charge in [-0.1, -0.05) is 12.1 Å². The number of sulfonamides is 1. The third-order valence-corrected chi connectivity index (χ3v) is 5.75. The Morgan fingerprint density at radius 2 is 1.83 bits per heavy atom. The van der Waals surface area contributed by atoms with Gasteiger partial charge in [-0.3, -0.25) is 0 Å². The first kappa shape index (κ1) is 19.2. The van der Waals surface area contributed by atoms with Gasteiger partial charge in [0.05, 0.1) is 19.5 Å². The maximum Gasteiger partial charge on any atom is 0.215 e. The van der Waals surface area contributed by atoms with Gasteiger partial charge in [0.1, 0.15) is 5.75 Å². The summed E-state index contributed by atoms with van der Waals surface area (Å²) in [6.07, 6.45) is 2.05. The Kier molecular flexibility index (Phi) is 7.48. The number of nitrogens with one attached hydrogen (secondary N) is 1. The molecule has 0 aliphatic carbocycles. The zero-order valence-electron chi connectivity index (χ0n) is 14.5. The predicted octanol–water partition coefficient (Wildman–Crippen LogP) is 1.47. The minimum Gasteiger partial charge on any atom is -0.497 e. The lowest BCUT2D eigenvalue weighted by Gasteiger charge is -2.31. The highest BCUT2D eigenvalue weighted by Crippen LogP contribution is 2.17. The van der Waals surface area contributed by atoms with Gasteiger partial charge in [0, 0.05) is 20.2 Å². The second kappa shape index (κ2) is 9.36. The molecule has 7 heteroatoms. The zero-order chi connectivity index (χ0) is 17.4. The molecule has 2 rings (SSSR count). The van der Waals surface area contributed by atoms with Crippen LogP contribution >= 0.6 is 0 Å². The van der Waals surface area contributed by atoms with Crippen LogP contribution in [0.3, 0.4) is 0 Å². The fourth-order valence-electron chi connectivity index (χ4n) is 2.87. The van der Waals surface area contributed by atoms with E-state index in [0.717, 1.165) is 50.4 Å². The van der Waals surface area contributed by atoms with E-state index in [1.807, 2.05) is 0 Å². The summed E-state index contributed by atoms with van der Waals surface area (Å²) in [7, 11) is -0.00191. The summed E-state index contributed by atoms with van der Waals surface area (Å²) in [6.45, 7) is 4.24. The molecule has 1 aliphatic rings. The Labute approximate surface area is 145 Å². The number of likely N-dealkylation sites (tertiary alicyclic amines) is 1. The van der Waals surface area contributed by atoms with E-state index in [0.29, 0.717) is 12.5 Å². The van der Waals surface area contributed by atoms with Gasteiger partial charge >= 0.3 is 0 Å². The maximum absolute atomic E-state index is 12.2. The van der Waals surface area contributed by atoms with Crippen molar-refractivity contribution in [1.29, 1.82) is 0 Å². The first-order valence-electron chi connectivity index (χ1n) is 8.34. The van der Waals surface area contributed by atoms with Crippen molar-refractivity contribution in [3.05, 3.63) is 29.8 Å². The smallest absolute Gasteiger partial charge is 0.215 e. The molecule has 1 aromatic rings. The second-order valence-corrected chi connectivity index (χ2v) is 8.04. The van der Waals surface area contributed by atoms with E-state index in [1.54, 1.807) is 38.5 Å². The monoisotopic (exact) mass is 356 g/mol. The number of hydrogen-bond acceptors (Lipinski definition) is 5. The summed E-state index contributed by atoms with van der Waals surface area (Å²) >= 11 is 0. The molecule has 136 valence electrons. The van der Waals surface area contributed by atoms with Crippen molar-refractivity contribution in [2.45, 2.75) is 18.6 Å². The Balaban J connectivity index is 1.74. The highest BCUT2D eigenvalue weighted by atomic mass is 32.2. The van der Waals surface area contributed by atoms with Gasteiger partial charge in [0.2, 0.25) is 10.0 Å². The van der Waals surface area contributed by atoms with Gasteiger partial charge < -0.3 is 14.4 Å². The van der Waals surface area contributed by atoms with Gasteiger partial charge in [0.25, 0.3) is 0 Å². The van der Waals surface area contributed by atoms with Gasteiger partial charge in [-0.2, -0.15) is 0 Å². The first-order chi connectivity index (χ1) is 11.5. The van der Waals surface area contributed by atoms with E-state index in [1.165, 1.54) is 0 Å². The number of benzene rings is 1. The van der Waals surface area contributed by atoms with Gasteiger partial charge in [-0.25, -0.2) is 13.1 Å². The van der Waals surface area contributed by atoms with Crippen LogP contribution in [0.25, 0.3) is 0 Å². The molecular weight excluding hydrogens is 328 g/mol. The molecule has 0 radical (unpaired) electrons. The number of methoxy groups -OCH3 is 2. The summed E-state index contributed by atoms with van der Waals surface area (Å²) in [5, 5.41) is 0. The lowest BCUT2D eigenvalue weighted by atomic mass is 9.97. The van der Waals surface area contributed by atoms with Crippen molar-refractivity contribution in [3.8, 4) is 5.75 Å². The Morgan fingerprint density at radius 3 is 2.42 bits per heavy atom. The normalized spacial score (nSPS) is 17.1. The largest absolute Gasteiger partial charge is 0.497 e. The van der Waals surface area contributed by atoms with Crippen molar-refractivity contribution >= 4 is 10.0 Å². The molecule has 1 N–H and O–H groups in total. The van der Waals surface area contributed by atoms with Crippen LogP contribution in [-0.2, 0) is 20.5 Å². The highest BCUT2D eigenvalue weighted by Gasteiger charge is 2.21. The highest BCUT2D eigenvalue weighted by molar-refractivity contribution is 7.88. The van der Waals surface area contributed by atoms with Crippen LogP contribution in [0, 0.1) is 5.92 Å². The fraction of sp³-hybridized carbons (Fsp3) is 0.647. The molecule has 0 bridgehead atoms. The summed E-state index contributed by atoms with van der Waals surface area (Å²) in [6, 6.07) is 7.12. The van der Waals surface area contributed by atoms with Crippen LogP contribution in [0.2, 0.25) is 0 Å². The van der Waals surface area contributed by atoms with Crippen LogP contribution < -0.4 is 9.46 Å². The van der Waals surface area contributed by atoms with Crippen molar-refractivity contribution < 1.29 is 17.9 Å². The molecule has 24 heavy (non-hydrogen) atoms. The van der Waals surface area contributed by atoms with E-state index in [4.69, 9.17) is 9.47 Å². The number of ether oxygens (including phenoxy) is 2. The summed E-state index contributed by atoms with van der Waals surface area (Å²) in [5.74, 6) is 1.14. The van der Waals surface area contributed by atoms with Crippen LogP contribution in [0.4, 0.5) is 0 Å². The Hall–Kier alpha value is -1.15. The number of hydrogen-bond donors (Lipinski definition) is 1. The third kappa shape index (κ3) is 6.39. The Bertz CT molecular complexity index is 581. The SMILES string of the molecule is COCCN1CCC(CNS(=O)(=O)Cc2ccc(OC)cc2)CC1. The molecule has 1 heterocycles. The quantitative estimate of drug-likeness (QED) is 0.726. The standard InChI is InChI=1S/C17H28N2O4S/c1-22-12-11-19-9-7-15(8-10-19)13-18-24(20,21)14-16-3-5-17(23-2)6-4-16/h3-6,15,18H,7-14H2,1-2H3. The van der Waals surface area contributed by atoms with Crippen molar-refractivity contribution in [2.75, 3.05) is 47.0 Å². The molecule has 0 aromatic heterocycles. The van der Waals surface area contributed by atoms with Gasteiger partial charge in [0.15, 0.2) is 0 Å². The molecule has 1 fully saturated rings. The van der Waals surface area contributed by atoms with Crippen molar-refractivity contribution in [3.63, 3.8) is 0 Å². The second-order valence-electron chi connectivity index (χ2n) is 6.23. The lowest BCUT2D eigenvalue weighted by Crippen LogP contribution is -2.40. The molecule has 1 saturated heterocycles. The van der Waals surface area contributed by atoms with E-state index < -0.39 is 10.0 Å². The molecule has 0 saturated carbocycles. The van der Waals surface area contributed by atoms with Gasteiger partial charge in [-0.05, 0) is 49.5 Å². The molecule has 0 spiro atoms. The number of piperidine rings is 1. The van der Waals surface area contributed by atoms with E-state index >= 15 is 0 Å². The van der Waals surface area contributed by atoms with Crippen molar-refractivity contribution in [2.24, 2.45) is 5.92 Å². The van der Waals surface area contributed by atoms with E-state index in [-0.39, 0.29) is 5.75 Å². The lowest BCUT2D eigenvalue weighted by molar-refractivity contribution is 0.121. The zero-order valence-corrected chi connectivity index (χ0v) is 15.3. The first-order valence-corrected chi connectivity index (χ1v) is 9.99. The van der Waals surface area contributed by atoms with Crippen LogP contribution in [-0.4, -0.2) is 60.3 Å². The summed E-state index contributed by atoms with van der Waals surface area (Å²) in [4.78, 5) is 2.37. The minimum absolute atomic E-state index is 0.00365. The number of rotatable bonds is 9. The minimum atomic E-state index is -3.31. The molecule has 6 nitrogen and oxygen atoms in total. The molecule has 1 aliphatic heterocycles. The topological polar surface area (TPSA) is 67.9 Å². The molecule has 0 unspecified atom stereocenters. The summed E-state index contributed by atoms with van der Waals surface area (Å²) in [5.41, 5.74) is 0.762. The maximum atomic E-state index is 12.2. The Morgan fingerprint density at radius 1 is 1.17 bits per heavy atom. The molecular formula is C17H28N2O4S. The van der Waals surface area contributed by atoms with Crippen LogP contribution in [0.1, 0.15) is 18.4 Å². The number of nitrogens with zero attached hydrogens (tertiary/aromatic N) is 1. The third-order valence-electron chi connectivity index (χ3n) is 4.43. The fourth-order valence-corrected chi connectivity index (χ4v) is 4.09. The van der Waals surface area contributed by atoms with E-state index in [2.05, 4.69) is 9.62 Å². The van der Waals surface area contributed by atoms with Crippen LogP contribution in [0.5, 0.6) is 5.75 Å². The average Bonchev–Trinajstić information content (AvgIpc) is 2.59. The average molecular weight is 356 g/mol. The molecule has 0 atom stereocenters. The van der Waals surface area contributed by atoms with Crippen molar-refractivity contribution in [1.82, 2.24) is 9.62 Å². The van der Waals surface area contributed by atoms with Crippen LogP contribution in [0.15, 0.2) is 24.3 Å². The van der Waals surface area contributed by atoms with Gasteiger partial charge in [-0.15, -0.1) is 0 Å². The predicted molar refractivity (Wildman–Crippen MR) is 94.7 cm³/mol. The summed E-state index contributed by atoms with van der Waals surface area (Å²) < 4.78 is 37.4. The molecule has 0 amide bonds. The molecule has 1 aromatic carbocycles.